The van der Waals surface area contributed by atoms with Crippen molar-refractivity contribution < 1.29 is 13.7 Å². The normalized spacial score (nSPS) is 10.8. The third-order valence-electron chi connectivity index (χ3n) is 3.04. The summed E-state index contributed by atoms with van der Waals surface area (Å²) in [6, 6.07) is 6.35. The minimum atomic E-state index is -0.334. The van der Waals surface area contributed by atoms with Crippen LogP contribution in [0.2, 0.25) is 0 Å². The number of aromatic nitrogens is 1. The molecule has 5 heteroatoms. The van der Waals surface area contributed by atoms with Crippen molar-refractivity contribution in [1.29, 1.82) is 0 Å². The van der Waals surface area contributed by atoms with Crippen molar-refractivity contribution in [2.24, 2.45) is 0 Å². The summed E-state index contributed by atoms with van der Waals surface area (Å²) in [5.41, 5.74) is 1.43. The zero-order valence-electron chi connectivity index (χ0n) is 11.7. The third kappa shape index (κ3) is 2.87. The Morgan fingerprint density at radius 2 is 2.10 bits per heavy atom. The molecule has 4 nitrogen and oxygen atoms in total. The Labute approximate surface area is 117 Å². The number of halogens is 1. The highest BCUT2D eigenvalue weighted by Gasteiger charge is 2.22. The Hall–Kier alpha value is -2.17. The van der Waals surface area contributed by atoms with Crippen molar-refractivity contribution in [1.82, 2.24) is 10.5 Å². The largest absolute Gasteiger partial charge is 0.360 e. The molecule has 1 aromatic carbocycles. The van der Waals surface area contributed by atoms with Gasteiger partial charge in [-0.1, -0.05) is 37.2 Å². The lowest BCUT2D eigenvalue weighted by molar-refractivity contribution is 0.0947. The first-order valence-corrected chi connectivity index (χ1v) is 6.48. The van der Waals surface area contributed by atoms with Gasteiger partial charge in [0, 0.05) is 18.0 Å². The Balaban J connectivity index is 2.13. The smallest absolute Gasteiger partial charge is 0.257 e. The Morgan fingerprint density at radius 3 is 2.75 bits per heavy atom. The van der Waals surface area contributed by atoms with Gasteiger partial charge < -0.3 is 9.84 Å². The number of rotatable bonds is 4. The molecule has 1 heterocycles. The first kappa shape index (κ1) is 14.2. The van der Waals surface area contributed by atoms with Crippen molar-refractivity contribution in [2.45, 2.75) is 33.2 Å². The molecule has 20 heavy (non-hydrogen) atoms. The van der Waals surface area contributed by atoms with Crippen LogP contribution < -0.4 is 5.32 Å². The minimum Gasteiger partial charge on any atom is -0.360 e. The lowest BCUT2D eigenvalue weighted by Crippen LogP contribution is -2.24. The van der Waals surface area contributed by atoms with Crippen LogP contribution in [0.25, 0.3) is 0 Å². The topological polar surface area (TPSA) is 55.1 Å². The molecule has 2 rings (SSSR count). The lowest BCUT2D eigenvalue weighted by atomic mass is 10.0. The summed E-state index contributed by atoms with van der Waals surface area (Å²) in [5.74, 6) is -0.0198. The number of carbonyl (C=O) groups excluding carboxylic acids is 1. The molecule has 0 unspecified atom stereocenters. The SMILES string of the molecule is Cc1noc(C(C)C)c1C(=O)NCc1ccccc1F. The van der Waals surface area contributed by atoms with E-state index in [4.69, 9.17) is 4.52 Å². The van der Waals surface area contributed by atoms with Crippen LogP contribution in [0, 0.1) is 12.7 Å². The van der Waals surface area contributed by atoms with Crippen molar-refractivity contribution in [3.05, 3.63) is 52.7 Å². The highest BCUT2D eigenvalue weighted by Crippen LogP contribution is 2.22. The van der Waals surface area contributed by atoms with E-state index in [1.54, 1.807) is 25.1 Å². The van der Waals surface area contributed by atoms with Crippen molar-refractivity contribution in [2.75, 3.05) is 0 Å². The lowest BCUT2D eigenvalue weighted by Gasteiger charge is -2.07. The first-order valence-electron chi connectivity index (χ1n) is 6.48. The van der Waals surface area contributed by atoms with E-state index in [0.717, 1.165) is 0 Å². The molecule has 0 spiro atoms. The highest BCUT2D eigenvalue weighted by molar-refractivity contribution is 5.96. The maximum Gasteiger partial charge on any atom is 0.257 e. The quantitative estimate of drug-likeness (QED) is 0.933. The summed E-state index contributed by atoms with van der Waals surface area (Å²) >= 11 is 0. The molecule has 0 fully saturated rings. The summed E-state index contributed by atoms with van der Waals surface area (Å²) in [5, 5.41) is 6.52. The number of aryl methyl sites for hydroxylation is 1. The molecule has 0 atom stereocenters. The van der Waals surface area contributed by atoms with Gasteiger partial charge >= 0.3 is 0 Å². The second-order valence-electron chi connectivity index (χ2n) is 4.94. The zero-order chi connectivity index (χ0) is 14.7. The average Bonchev–Trinajstić information content (AvgIpc) is 2.79. The van der Waals surface area contributed by atoms with E-state index in [-0.39, 0.29) is 24.2 Å². The number of nitrogens with zero attached hydrogens (tertiary/aromatic N) is 1. The van der Waals surface area contributed by atoms with Crippen LogP contribution in [0.1, 0.15) is 47.1 Å². The average molecular weight is 276 g/mol. The molecule has 1 N–H and O–H groups in total. The Bertz CT molecular complexity index is 620. The van der Waals surface area contributed by atoms with Crippen molar-refractivity contribution >= 4 is 5.91 Å². The van der Waals surface area contributed by atoms with E-state index in [0.29, 0.717) is 22.6 Å². The van der Waals surface area contributed by atoms with Gasteiger partial charge in [0.15, 0.2) is 5.76 Å². The van der Waals surface area contributed by atoms with Gasteiger partial charge in [0.2, 0.25) is 0 Å². The van der Waals surface area contributed by atoms with Gasteiger partial charge in [0.05, 0.1) is 5.69 Å². The molecule has 0 saturated carbocycles. The number of amides is 1. The van der Waals surface area contributed by atoms with Crippen molar-refractivity contribution in [3.8, 4) is 0 Å². The number of hydrogen-bond donors (Lipinski definition) is 1. The molecule has 0 bridgehead atoms. The first-order chi connectivity index (χ1) is 9.50. The van der Waals surface area contributed by atoms with E-state index in [9.17, 15) is 9.18 Å². The fourth-order valence-corrected chi connectivity index (χ4v) is 1.96. The molecule has 1 amide bonds. The monoisotopic (exact) mass is 276 g/mol. The molecular formula is C15H17FN2O2. The third-order valence-corrected chi connectivity index (χ3v) is 3.04. The molecular weight excluding hydrogens is 259 g/mol. The van der Waals surface area contributed by atoms with Crippen molar-refractivity contribution in [3.63, 3.8) is 0 Å². The van der Waals surface area contributed by atoms with Crippen LogP contribution >= 0.6 is 0 Å². The maximum absolute atomic E-state index is 13.5. The molecule has 0 aliphatic heterocycles. The molecule has 0 saturated heterocycles. The predicted octanol–water partition coefficient (Wildman–Crippen LogP) is 3.18. The standard InChI is InChI=1S/C15H17FN2O2/c1-9(2)14-13(10(3)18-20-14)15(19)17-8-11-6-4-5-7-12(11)16/h4-7,9H,8H2,1-3H3,(H,17,19). The van der Waals surface area contributed by atoms with Gasteiger partial charge in [-0.2, -0.15) is 0 Å². The predicted molar refractivity (Wildman–Crippen MR) is 72.9 cm³/mol. The second-order valence-corrected chi connectivity index (χ2v) is 4.94. The van der Waals surface area contributed by atoms with Gasteiger partial charge in [0.1, 0.15) is 11.4 Å². The van der Waals surface area contributed by atoms with E-state index >= 15 is 0 Å². The minimum absolute atomic E-state index is 0.0606. The molecule has 106 valence electrons. The van der Waals surface area contributed by atoms with Crippen LogP contribution in [0.15, 0.2) is 28.8 Å². The summed E-state index contributed by atoms with van der Waals surface area (Å²) in [6.45, 7) is 5.70. The van der Waals surface area contributed by atoms with Crippen LogP contribution in [-0.2, 0) is 6.54 Å². The zero-order valence-corrected chi connectivity index (χ0v) is 11.7. The fourth-order valence-electron chi connectivity index (χ4n) is 1.96. The summed E-state index contributed by atoms with van der Waals surface area (Å²) in [7, 11) is 0. The Kier molecular flexibility index (Phi) is 4.17. The maximum atomic E-state index is 13.5. The van der Waals surface area contributed by atoms with Gasteiger partial charge in [-0.15, -0.1) is 0 Å². The summed E-state index contributed by atoms with van der Waals surface area (Å²) in [4.78, 5) is 12.2. The molecule has 0 radical (unpaired) electrons. The van der Waals surface area contributed by atoms with Gasteiger partial charge in [0.25, 0.3) is 5.91 Å². The molecule has 2 aromatic rings. The number of carbonyl (C=O) groups is 1. The van der Waals surface area contributed by atoms with Crippen LogP contribution in [-0.4, -0.2) is 11.1 Å². The number of nitrogens with one attached hydrogen (secondary N) is 1. The highest BCUT2D eigenvalue weighted by atomic mass is 19.1. The number of benzene rings is 1. The van der Waals surface area contributed by atoms with E-state index in [2.05, 4.69) is 10.5 Å². The molecule has 0 aliphatic carbocycles. The van der Waals surface area contributed by atoms with Crippen LogP contribution in [0.5, 0.6) is 0 Å². The summed E-state index contributed by atoms with van der Waals surface area (Å²) < 4.78 is 18.7. The van der Waals surface area contributed by atoms with Gasteiger partial charge in [-0.25, -0.2) is 4.39 Å². The summed E-state index contributed by atoms with van der Waals surface area (Å²) in [6.07, 6.45) is 0. The van der Waals surface area contributed by atoms with E-state index < -0.39 is 0 Å². The second kappa shape index (κ2) is 5.86. The Morgan fingerprint density at radius 1 is 1.40 bits per heavy atom. The van der Waals surface area contributed by atoms with E-state index in [1.807, 2.05) is 13.8 Å². The van der Waals surface area contributed by atoms with Crippen LogP contribution in [0.4, 0.5) is 4.39 Å². The van der Waals surface area contributed by atoms with Gasteiger partial charge in [-0.3, -0.25) is 4.79 Å². The fraction of sp³-hybridized carbons (Fsp3) is 0.333. The molecule has 0 aliphatic rings. The van der Waals surface area contributed by atoms with Gasteiger partial charge in [-0.05, 0) is 13.0 Å². The van der Waals surface area contributed by atoms with Crippen LogP contribution in [0.3, 0.4) is 0 Å². The molecule has 1 aromatic heterocycles. The van der Waals surface area contributed by atoms with E-state index in [1.165, 1.54) is 6.07 Å². The number of hydrogen-bond acceptors (Lipinski definition) is 3.